The predicted octanol–water partition coefficient (Wildman–Crippen LogP) is 2.92. The molecular weight excluding hydrogens is 288 g/mol. The van der Waals surface area contributed by atoms with Crippen molar-refractivity contribution in [3.8, 4) is 11.5 Å². The van der Waals surface area contributed by atoms with Gasteiger partial charge in [-0.1, -0.05) is 19.9 Å². The summed E-state index contributed by atoms with van der Waals surface area (Å²) in [5, 5.41) is 3.53. The molecule has 2 aliphatic rings. The van der Waals surface area contributed by atoms with Gasteiger partial charge in [-0.3, -0.25) is 4.90 Å². The van der Waals surface area contributed by atoms with Gasteiger partial charge in [-0.2, -0.15) is 0 Å². The van der Waals surface area contributed by atoms with Gasteiger partial charge >= 0.3 is 0 Å². The van der Waals surface area contributed by atoms with Gasteiger partial charge in [0.15, 0.2) is 11.5 Å². The lowest BCUT2D eigenvalue weighted by atomic mass is 9.86. The maximum absolute atomic E-state index is 5.93. The molecule has 128 valence electrons. The van der Waals surface area contributed by atoms with Crippen LogP contribution in [0.1, 0.15) is 32.3 Å². The van der Waals surface area contributed by atoms with Crippen LogP contribution in [0.5, 0.6) is 11.5 Å². The first kappa shape index (κ1) is 16.6. The van der Waals surface area contributed by atoms with Crippen molar-refractivity contribution in [2.24, 2.45) is 11.3 Å². The average molecular weight is 318 g/mol. The number of ether oxygens (including phenoxy) is 2. The van der Waals surface area contributed by atoms with Crippen LogP contribution in [0.3, 0.4) is 0 Å². The van der Waals surface area contributed by atoms with Crippen LogP contribution in [-0.2, 0) is 6.54 Å². The summed E-state index contributed by atoms with van der Waals surface area (Å²) in [5.74, 6) is 2.21. The van der Waals surface area contributed by atoms with Crippen LogP contribution >= 0.6 is 0 Å². The van der Waals surface area contributed by atoms with Gasteiger partial charge in [0.05, 0.1) is 13.7 Å². The highest BCUT2D eigenvalue weighted by Gasteiger charge is 2.40. The second-order valence-corrected chi connectivity index (χ2v) is 7.58. The molecule has 3 rings (SSSR count). The maximum atomic E-state index is 5.93. The molecular formula is C19H30N2O2. The molecule has 0 aliphatic carbocycles. The minimum atomic E-state index is 0.511. The quantitative estimate of drug-likeness (QED) is 0.874. The van der Waals surface area contributed by atoms with Crippen molar-refractivity contribution in [2.75, 3.05) is 39.9 Å². The van der Waals surface area contributed by atoms with Crippen molar-refractivity contribution in [3.05, 3.63) is 23.8 Å². The summed E-state index contributed by atoms with van der Waals surface area (Å²) >= 11 is 0. The second-order valence-electron chi connectivity index (χ2n) is 7.58. The van der Waals surface area contributed by atoms with Crippen LogP contribution in [0.25, 0.3) is 0 Å². The molecule has 4 heteroatoms. The monoisotopic (exact) mass is 318 g/mol. The number of nitrogens with zero attached hydrogens (tertiary/aromatic N) is 1. The Morgan fingerprint density at radius 3 is 2.83 bits per heavy atom. The fourth-order valence-corrected chi connectivity index (χ4v) is 3.75. The molecule has 2 fully saturated rings. The van der Waals surface area contributed by atoms with Gasteiger partial charge in [-0.05, 0) is 55.0 Å². The number of methoxy groups -OCH3 is 1. The summed E-state index contributed by atoms with van der Waals surface area (Å²) < 4.78 is 11.4. The highest BCUT2D eigenvalue weighted by Crippen LogP contribution is 2.37. The standard InChI is InChI=1S/C19H30N2O2/c1-15(2)12-23-18-10-16(4-5-17(18)22-3)11-21-9-7-19(14-21)6-8-20-13-19/h4-5,10,15,20H,6-9,11-14H2,1-3H3. The molecule has 1 N–H and O–H groups in total. The van der Waals surface area contributed by atoms with Gasteiger partial charge in [0, 0.05) is 19.6 Å². The van der Waals surface area contributed by atoms with Crippen molar-refractivity contribution < 1.29 is 9.47 Å². The molecule has 0 bridgehead atoms. The summed E-state index contributed by atoms with van der Waals surface area (Å²) in [6.45, 7) is 10.8. The van der Waals surface area contributed by atoms with E-state index in [0.717, 1.165) is 24.7 Å². The lowest BCUT2D eigenvalue weighted by Crippen LogP contribution is -2.28. The number of rotatable bonds is 6. The van der Waals surface area contributed by atoms with E-state index in [4.69, 9.17) is 9.47 Å². The summed E-state index contributed by atoms with van der Waals surface area (Å²) in [5.41, 5.74) is 1.84. The fraction of sp³-hybridized carbons (Fsp3) is 0.684. The van der Waals surface area contributed by atoms with Crippen molar-refractivity contribution in [2.45, 2.75) is 33.2 Å². The van der Waals surface area contributed by atoms with E-state index >= 15 is 0 Å². The van der Waals surface area contributed by atoms with Crippen LogP contribution < -0.4 is 14.8 Å². The minimum Gasteiger partial charge on any atom is -0.493 e. The molecule has 1 unspecified atom stereocenters. The Bertz CT molecular complexity index is 524. The van der Waals surface area contributed by atoms with Crippen LogP contribution in [-0.4, -0.2) is 44.8 Å². The average Bonchev–Trinajstić information content (AvgIpc) is 3.16. The lowest BCUT2D eigenvalue weighted by molar-refractivity contribution is 0.253. The molecule has 1 aromatic carbocycles. The van der Waals surface area contributed by atoms with E-state index in [2.05, 4.69) is 36.2 Å². The first-order valence-electron chi connectivity index (χ1n) is 8.83. The third-order valence-corrected chi connectivity index (χ3v) is 5.06. The number of hydrogen-bond acceptors (Lipinski definition) is 4. The van der Waals surface area contributed by atoms with Crippen LogP contribution in [0.15, 0.2) is 18.2 Å². The third kappa shape index (κ3) is 3.99. The normalized spacial score (nSPS) is 24.7. The smallest absolute Gasteiger partial charge is 0.161 e. The Labute approximate surface area is 140 Å². The van der Waals surface area contributed by atoms with E-state index in [1.807, 2.05) is 6.07 Å². The van der Waals surface area contributed by atoms with E-state index in [9.17, 15) is 0 Å². The van der Waals surface area contributed by atoms with Crippen LogP contribution in [0, 0.1) is 11.3 Å². The van der Waals surface area contributed by atoms with Crippen molar-refractivity contribution in [1.29, 1.82) is 0 Å². The number of benzene rings is 1. The van der Waals surface area contributed by atoms with Gasteiger partial charge in [0.1, 0.15) is 0 Å². The predicted molar refractivity (Wildman–Crippen MR) is 93.1 cm³/mol. The molecule has 1 spiro atoms. The first-order chi connectivity index (χ1) is 11.1. The Morgan fingerprint density at radius 1 is 1.26 bits per heavy atom. The Kier molecular flexibility index (Phi) is 5.12. The Hall–Kier alpha value is -1.26. The molecule has 0 saturated carbocycles. The van der Waals surface area contributed by atoms with Gasteiger partial charge in [-0.25, -0.2) is 0 Å². The number of likely N-dealkylation sites (tertiary alicyclic amines) is 1. The van der Waals surface area contributed by atoms with Crippen LogP contribution in [0.4, 0.5) is 0 Å². The number of hydrogen-bond donors (Lipinski definition) is 1. The van der Waals surface area contributed by atoms with E-state index in [1.54, 1.807) is 7.11 Å². The van der Waals surface area contributed by atoms with Crippen LogP contribution in [0.2, 0.25) is 0 Å². The molecule has 23 heavy (non-hydrogen) atoms. The first-order valence-corrected chi connectivity index (χ1v) is 8.83. The zero-order valence-corrected chi connectivity index (χ0v) is 14.7. The summed E-state index contributed by atoms with van der Waals surface area (Å²) in [4.78, 5) is 2.58. The van der Waals surface area contributed by atoms with Crippen molar-refractivity contribution in [1.82, 2.24) is 10.2 Å². The van der Waals surface area contributed by atoms with Gasteiger partial charge in [-0.15, -0.1) is 0 Å². The second kappa shape index (κ2) is 7.10. The Balaban J connectivity index is 1.64. The zero-order chi connectivity index (χ0) is 16.3. The summed E-state index contributed by atoms with van der Waals surface area (Å²) in [6, 6.07) is 6.35. The molecule has 0 radical (unpaired) electrons. The zero-order valence-electron chi connectivity index (χ0n) is 14.7. The molecule has 1 atom stereocenters. The molecule has 1 aromatic rings. The van der Waals surface area contributed by atoms with Gasteiger partial charge < -0.3 is 14.8 Å². The SMILES string of the molecule is COc1ccc(CN2CCC3(CCNC3)C2)cc1OCC(C)C. The lowest BCUT2D eigenvalue weighted by Gasteiger charge is -2.23. The molecule has 2 aliphatic heterocycles. The Morgan fingerprint density at radius 2 is 2.13 bits per heavy atom. The maximum Gasteiger partial charge on any atom is 0.161 e. The number of nitrogens with one attached hydrogen (secondary N) is 1. The molecule has 4 nitrogen and oxygen atoms in total. The molecule has 0 aromatic heterocycles. The fourth-order valence-electron chi connectivity index (χ4n) is 3.75. The van der Waals surface area contributed by atoms with E-state index in [1.165, 1.54) is 44.6 Å². The highest BCUT2D eigenvalue weighted by atomic mass is 16.5. The molecule has 0 amide bonds. The highest BCUT2D eigenvalue weighted by molar-refractivity contribution is 5.43. The van der Waals surface area contributed by atoms with E-state index in [0.29, 0.717) is 11.3 Å². The van der Waals surface area contributed by atoms with E-state index < -0.39 is 0 Å². The minimum absolute atomic E-state index is 0.511. The summed E-state index contributed by atoms with van der Waals surface area (Å²) in [6.07, 6.45) is 2.65. The largest absolute Gasteiger partial charge is 0.493 e. The summed E-state index contributed by atoms with van der Waals surface area (Å²) in [7, 11) is 1.70. The molecule has 2 heterocycles. The van der Waals surface area contributed by atoms with Gasteiger partial charge in [0.2, 0.25) is 0 Å². The van der Waals surface area contributed by atoms with Gasteiger partial charge in [0.25, 0.3) is 0 Å². The van der Waals surface area contributed by atoms with Crippen molar-refractivity contribution in [3.63, 3.8) is 0 Å². The molecule has 2 saturated heterocycles. The topological polar surface area (TPSA) is 33.7 Å². The third-order valence-electron chi connectivity index (χ3n) is 5.06. The van der Waals surface area contributed by atoms with Crippen molar-refractivity contribution >= 4 is 0 Å². The van der Waals surface area contributed by atoms with E-state index in [-0.39, 0.29) is 0 Å².